The minimum Gasteiger partial charge on any atom is -0.493 e. The lowest BCUT2D eigenvalue weighted by Crippen LogP contribution is -2.31. The lowest BCUT2D eigenvalue weighted by Gasteiger charge is -2.21. The molecule has 1 aliphatic rings. The van der Waals surface area contributed by atoms with Crippen LogP contribution >= 0.6 is 0 Å². The second-order valence-electron chi connectivity index (χ2n) is 7.96. The summed E-state index contributed by atoms with van der Waals surface area (Å²) in [6.45, 7) is 7.87. The van der Waals surface area contributed by atoms with Crippen LogP contribution in [0.25, 0.3) is 0 Å². The van der Waals surface area contributed by atoms with Crippen LogP contribution in [0.5, 0.6) is 0 Å². The highest BCUT2D eigenvalue weighted by molar-refractivity contribution is 5.33. The Balaban J connectivity index is 2.08. The number of hydrogen-bond donors (Lipinski definition) is 1. The Morgan fingerprint density at radius 1 is 1.34 bits per heavy atom. The molecule has 2 atom stereocenters. The zero-order valence-corrected chi connectivity index (χ0v) is 18.3. The molecule has 0 spiro atoms. The van der Waals surface area contributed by atoms with E-state index in [9.17, 15) is 4.39 Å². The summed E-state index contributed by atoms with van der Waals surface area (Å²) in [5, 5.41) is 9.06. The Bertz CT molecular complexity index is 738. The lowest BCUT2D eigenvalue weighted by molar-refractivity contribution is 0.0952. The fourth-order valence-corrected chi connectivity index (χ4v) is 3.79. The van der Waals surface area contributed by atoms with Crippen LogP contribution in [0.2, 0.25) is 0 Å². The van der Waals surface area contributed by atoms with Crippen LogP contribution in [0.4, 0.5) is 4.39 Å². The van der Waals surface area contributed by atoms with E-state index in [0.29, 0.717) is 18.9 Å². The Kier molecular flexibility index (Phi) is 9.62. The van der Waals surface area contributed by atoms with Gasteiger partial charge in [-0.1, -0.05) is 29.9 Å². The van der Waals surface area contributed by atoms with Gasteiger partial charge in [0.2, 0.25) is 0 Å². The number of hydrogen-bond acceptors (Lipinski definition) is 3. The number of aliphatic hydroxyl groups excluding tert-OH is 1. The van der Waals surface area contributed by atoms with Gasteiger partial charge in [0.1, 0.15) is 11.9 Å². The van der Waals surface area contributed by atoms with Gasteiger partial charge in [-0.2, -0.15) is 0 Å². The number of nitrogens with zero attached hydrogens (tertiary/aromatic N) is 1. The molecule has 0 aromatic heterocycles. The van der Waals surface area contributed by atoms with Crippen molar-refractivity contribution in [1.82, 2.24) is 4.90 Å². The van der Waals surface area contributed by atoms with Crippen molar-refractivity contribution in [2.45, 2.75) is 52.6 Å². The molecule has 160 valence electrons. The number of allylic oxidation sites excluding steroid dienone is 5. The van der Waals surface area contributed by atoms with Gasteiger partial charge in [-0.05, 0) is 75.9 Å². The molecule has 0 saturated carbocycles. The van der Waals surface area contributed by atoms with E-state index in [1.807, 2.05) is 20.0 Å². The largest absolute Gasteiger partial charge is 0.493 e. The van der Waals surface area contributed by atoms with Gasteiger partial charge in [-0.3, -0.25) is 0 Å². The van der Waals surface area contributed by atoms with Crippen molar-refractivity contribution in [3.63, 3.8) is 0 Å². The SMILES string of the molecule is C/C=C\CC(Cc1ccc(F)cc1CC1=CCC(CN(C)CCO)O1)/C(C)=C\C. The molecule has 1 aromatic rings. The second kappa shape index (κ2) is 11.9. The van der Waals surface area contributed by atoms with Crippen molar-refractivity contribution in [2.75, 3.05) is 26.7 Å². The third-order valence-electron chi connectivity index (χ3n) is 5.68. The average Bonchev–Trinajstić information content (AvgIpc) is 3.12. The summed E-state index contributed by atoms with van der Waals surface area (Å²) < 4.78 is 20.1. The molecule has 2 rings (SSSR count). The van der Waals surface area contributed by atoms with Crippen LogP contribution in [-0.4, -0.2) is 42.9 Å². The van der Waals surface area contributed by atoms with Crippen LogP contribution in [0, 0.1) is 11.7 Å². The summed E-state index contributed by atoms with van der Waals surface area (Å²) in [5.74, 6) is 1.14. The molecule has 0 radical (unpaired) electrons. The first-order valence-corrected chi connectivity index (χ1v) is 10.6. The highest BCUT2D eigenvalue weighted by Gasteiger charge is 2.21. The maximum Gasteiger partial charge on any atom is 0.123 e. The number of likely N-dealkylation sites (N-methyl/N-ethyl adjacent to an activating group) is 1. The average molecular weight is 402 g/mol. The van der Waals surface area contributed by atoms with E-state index in [0.717, 1.165) is 37.1 Å². The van der Waals surface area contributed by atoms with Gasteiger partial charge in [0.25, 0.3) is 0 Å². The first-order chi connectivity index (χ1) is 14.0. The molecular weight excluding hydrogens is 365 g/mol. The topological polar surface area (TPSA) is 32.7 Å². The minimum atomic E-state index is -0.200. The Morgan fingerprint density at radius 3 is 2.83 bits per heavy atom. The zero-order chi connectivity index (χ0) is 21.2. The molecule has 0 saturated heterocycles. The summed E-state index contributed by atoms with van der Waals surface area (Å²) in [4.78, 5) is 2.07. The van der Waals surface area contributed by atoms with E-state index in [1.165, 1.54) is 11.1 Å². The van der Waals surface area contributed by atoms with Crippen LogP contribution in [-0.2, 0) is 17.6 Å². The van der Waals surface area contributed by atoms with Crippen molar-refractivity contribution in [3.8, 4) is 0 Å². The Hall–Kier alpha value is -1.91. The maximum absolute atomic E-state index is 14.0. The van der Waals surface area contributed by atoms with Gasteiger partial charge in [0.05, 0.1) is 12.4 Å². The quantitative estimate of drug-likeness (QED) is 0.526. The van der Waals surface area contributed by atoms with Gasteiger partial charge >= 0.3 is 0 Å². The van der Waals surface area contributed by atoms with Crippen LogP contribution < -0.4 is 0 Å². The summed E-state index contributed by atoms with van der Waals surface area (Å²) >= 11 is 0. The highest BCUT2D eigenvalue weighted by atomic mass is 19.1. The van der Waals surface area contributed by atoms with E-state index in [2.05, 4.69) is 43.1 Å². The number of halogens is 1. The number of aliphatic hydroxyl groups is 1. The monoisotopic (exact) mass is 401 g/mol. The third-order valence-corrected chi connectivity index (χ3v) is 5.68. The molecule has 1 aliphatic heterocycles. The van der Waals surface area contributed by atoms with E-state index in [1.54, 1.807) is 12.1 Å². The molecule has 29 heavy (non-hydrogen) atoms. The van der Waals surface area contributed by atoms with Gasteiger partial charge in [0, 0.05) is 25.9 Å². The van der Waals surface area contributed by atoms with Crippen LogP contribution in [0.1, 0.15) is 44.7 Å². The molecule has 1 heterocycles. The second-order valence-corrected chi connectivity index (χ2v) is 7.96. The number of rotatable bonds is 11. The normalized spacial score (nSPS) is 18.4. The van der Waals surface area contributed by atoms with Gasteiger partial charge in [0.15, 0.2) is 0 Å². The van der Waals surface area contributed by atoms with E-state index < -0.39 is 0 Å². The zero-order valence-electron chi connectivity index (χ0n) is 18.3. The fraction of sp³-hybridized carbons (Fsp3) is 0.520. The summed E-state index contributed by atoms with van der Waals surface area (Å²) in [7, 11) is 1.98. The van der Waals surface area contributed by atoms with E-state index in [-0.39, 0.29) is 18.5 Å². The molecule has 3 nitrogen and oxygen atoms in total. The third kappa shape index (κ3) is 7.45. The predicted molar refractivity (Wildman–Crippen MR) is 118 cm³/mol. The smallest absolute Gasteiger partial charge is 0.123 e. The molecule has 2 unspecified atom stereocenters. The van der Waals surface area contributed by atoms with Crippen LogP contribution in [0.3, 0.4) is 0 Å². The van der Waals surface area contributed by atoms with E-state index in [4.69, 9.17) is 9.84 Å². The van der Waals surface area contributed by atoms with Crippen molar-refractivity contribution in [3.05, 3.63) is 70.8 Å². The van der Waals surface area contributed by atoms with Crippen molar-refractivity contribution in [2.24, 2.45) is 5.92 Å². The predicted octanol–water partition coefficient (Wildman–Crippen LogP) is 5.06. The molecule has 0 fully saturated rings. The number of ether oxygens (including phenoxy) is 1. The van der Waals surface area contributed by atoms with Crippen LogP contribution in [0.15, 0.2) is 53.8 Å². The number of benzene rings is 1. The van der Waals surface area contributed by atoms with Crippen molar-refractivity contribution in [1.29, 1.82) is 0 Å². The van der Waals surface area contributed by atoms with Gasteiger partial charge < -0.3 is 14.7 Å². The Morgan fingerprint density at radius 2 is 2.14 bits per heavy atom. The van der Waals surface area contributed by atoms with Gasteiger partial charge in [-0.15, -0.1) is 0 Å². The first kappa shape index (κ1) is 23.4. The Labute approximate surface area is 175 Å². The maximum atomic E-state index is 14.0. The highest BCUT2D eigenvalue weighted by Crippen LogP contribution is 2.27. The molecule has 0 aliphatic carbocycles. The molecule has 0 amide bonds. The molecule has 1 N–H and O–H groups in total. The summed E-state index contributed by atoms with van der Waals surface area (Å²) in [6.07, 6.45) is 12.1. The van der Waals surface area contributed by atoms with Crippen molar-refractivity contribution < 1.29 is 14.2 Å². The summed E-state index contributed by atoms with van der Waals surface area (Å²) in [5.41, 5.74) is 3.56. The fourth-order valence-electron chi connectivity index (χ4n) is 3.79. The van der Waals surface area contributed by atoms with Gasteiger partial charge in [-0.25, -0.2) is 4.39 Å². The molecule has 4 heteroatoms. The molecule has 1 aromatic carbocycles. The van der Waals surface area contributed by atoms with Crippen molar-refractivity contribution >= 4 is 0 Å². The minimum absolute atomic E-state index is 0.103. The first-order valence-electron chi connectivity index (χ1n) is 10.6. The van der Waals surface area contributed by atoms with E-state index >= 15 is 0 Å². The molecule has 0 bridgehead atoms. The lowest BCUT2D eigenvalue weighted by atomic mass is 9.87. The standard InChI is InChI=1S/C25H36FNO2/c1-5-7-8-20(19(3)6-2)15-21-9-10-23(26)16-22(21)17-24-11-12-25(29-24)18-27(4)13-14-28/h5-7,9-11,16,20,25,28H,8,12-15,17-18H2,1-4H3/b7-5-,19-6-. The summed E-state index contributed by atoms with van der Waals surface area (Å²) in [6, 6.07) is 5.15. The molecular formula is C25H36FNO2.